The molecule has 1 aliphatic rings. The summed E-state index contributed by atoms with van der Waals surface area (Å²) in [6.45, 7) is 4.65. The molecule has 4 rings (SSSR count). The molecule has 1 saturated heterocycles. The first-order chi connectivity index (χ1) is 14.8. The molecule has 3 aromatic rings. The maximum Gasteiger partial charge on any atom is 0.158 e. The van der Waals surface area contributed by atoms with Gasteiger partial charge in [-0.15, -0.1) is 0 Å². The van der Waals surface area contributed by atoms with Crippen molar-refractivity contribution in [2.45, 2.75) is 57.8 Å². The number of fused-ring (bicyclic) bond motifs is 1. The predicted molar refractivity (Wildman–Crippen MR) is 121 cm³/mol. The number of benzene rings is 2. The standard InChI is InChI=1S/C26H33NO3/c1-2-17-27-19-24(29-25-14-8-9-18-28-25)26-22-13-7-6-12-21(22)23(30-26)16-15-20-10-4-3-5-11-20/h3-7,10-13,24-25,27H,2,8-9,14-19H2,1H3. The van der Waals surface area contributed by atoms with Gasteiger partial charge in [0.25, 0.3) is 0 Å². The van der Waals surface area contributed by atoms with Crippen molar-refractivity contribution in [3.05, 3.63) is 71.7 Å². The first kappa shape index (κ1) is 21.1. The smallest absolute Gasteiger partial charge is 0.158 e. The Morgan fingerprint density at radius 1 is 1.00 bits per heavy atom. The Morgan fingerprint density at radius 3 is 2.57 bits per heavy atom. The Hall–Kier alpha value is -2.14. The molecule has 2 atom stereocenters. The van der Waals surface area contributed by atoms with E-state index in [4.69, 9.17) is 13.9 Å². The van der Waals surface area contributed by atoms with Gasteiger partial charge in [-0.25, -0.2) is 0 Å². The summed E-state index contributed by atoms with van der Waals surface area (Å²) in [4.78, 5) is 0. The second-order valence-corrected chi connectivity index (χ2v) is 8.05. The van der Waals surface area contributed by atoms with Gasteiger partial charge < -0.3 is 19.2 Å². The van der Waals surface area contributed by atoms with Crippen LogP contribution in [0.5, 0.6) is 0 Å². The van der Waals surface area contributed by atoms with E-state index in [1.54, 1.807) is 0 Å². The Kier molecular flexibility index (Phi) is 7.57. The lowest BCUT2D eigenvalue weighted by Gasteiger charge is -2.27. The van der Waals surface area contributed by atoms with E-state index >= 15 is 0 Å². The lowest BCUT2D eigenvalue weighted by atomic mass is 10.0. The highest BCUT2D eigenvalue weighted by molar-refractivity contribution is 5.87. The Morgan fingerprint density at radius 2 is 1.80 bits per heavy atom. The molecule has 160 valence electrons. The minimum Gasteiger partial charge on any atom is -0.462 e. The fourth-order valence-electron chi connectivity index (χ4n) is 4.13. The van der Waals surface area contributed by atoms with Crippen molar-refractivity contribution in [3.63, 3.8) is 0 Å². The number of hydrogen-bond donors (Lipinski definition) is 1. The second-order valence-electron chi connectivity index (χ2n) is 8.05. The summed E-state index contributed by atoms with van der Waals surface area (Å²) in [6, 6.07) is 19.1. The molecule has 2 aromatic carbocycles. The third-order valence-corrected chi connectivity index (χ3v) is 5.71. The minimum atomic E-state index is -0.157. The lowest BCUT2D eigenvalue weighted by Crippen LogP contribution is -2.30. The van der Waals surface area contributed by atoms with Crippen molar-refractivity contribution < 1.29 is 13.9 Å². The van der Waals surface area contributed by atoms with Gasteiger partial charge in [0.2, 0.25) is 0 Å². The third kappa shape index (κ3) is 5.31. The summed E-state index contributed by atoms with van der Waals surface area (Å²) in [5.74, 6) is 1.96. The van der Waals surface area contributed by atoms with Crippen LogP contribution in [0.4, 0.5) is 0 Å². The van der Waals surface area contributed by atoms with E-state index in [2.05, 4.69) is 66.8 Å². The van der Waals surface area contributed by atoms with E-state index in [1.807, 2.05) is 0 Å². The molecule has 1 aliphatic heterocycles. The average molecular weight is 408 g/mol. The highest BCUT2D eigenvalue weighted by Gasteiger charge is 2.26. The molecule has 2 heterocycles. The van der Waals surface area contributed by atoms with Crippen LogP contribution in [0.15, 0.2) is 59.0 Å². The average Bonchev–Trinajstić information content (AvgIpc) is 3.17. The highest BCUT2D eigenvalue weighted by Crippen LogP contribution is 2.34. The van der Waals surface area contributed by atoms with Crippen LogP contribution in [0.3, 0.4) is 0 Å². The van der Waals surface area contributed by atoms with Gasteiger partial charge in [0.05, 0.1) is 0 Å². The summed E-state index contributed by atoms with van der Waals surface area (Å²) >= 11 is 0. The van der Waals surface area contributed by atoms with E-state index in [0.717, 1.165) is 75.1 Å². The van der Waals surface area contributed by atoms with Gasteiger partial charge in [-0.3, -0.25) is 0 Å². The minimum absolute atomic E-state index is 0.149. The predicted octanol–water partition coefficient (Wildman–Crippen LogP) is 5.80. The van der Waals surface area contributed by atoms with Crippen molar-refractivity contribution in [1.82, 2.24) is 5.32 Å². The molecular weight excluding hydrogens is 374 g/mol. The second kappa shape index (κ2) is 10.8. The summed E-state index contributed by atoms with van der Waals surface area (Å²) in [5, 5.41) is 5.86. The topological polar surface area (TPSA) is 43.6 Å². The van der Waals surface area contributed by atoms with E-state index in [0.29, 0.717) is 0 Å². The molecule has 0 bridgehead atoms. The molecule has 2 unspecified atom stereocenters. The van der Waals surface area contributed by atoms with Crippen LogP contribution in [0.25, 0.3) is 10.8 Å². The van der Waals surface area contributed by atoms with Crippen LogP contribution in [-0.4, -0.2) is 26.0 Å². The van der Waals surface area contributed by atoms with Crippen LogP contribution in [0, 0.1) is 0 Å². The van der Waals surface area contributed by atoms with Crippen molar-refractivity contribution in [1.29, 1.82) is 0 Å². The molecule has 4 heteroatoms. The molecule has 0 radical (unpaired) electrons. The van der Waals surface area contributed by atoms with Crippen molar-refractivity contribution in [2.75, 3.05) is 19.7 Å². The molecule has 0 amide bonds. The molecular formula is C26H33NO3. The molecule has 1 fully saturated rings. The van der Waals surface area contributed by atoms with Crippen LogP contribution in [0.1, 0.15) is 55.8 Å². The van der Waals surface area contributed by atoms with Gasteiger partial charge in [0.15, 0.2) is 6.29 Å². The fourth-order valence-corrected chi connectivity index (χ4v) is 4.13. The summed E-state index contributed by atoms with van der Waals surface area (Å²) in [7, 11) is 0. The molecule has 4 nitrogen and oxygen atoms in total. The van der Waals surface area contributed by atoms with Gasteiger partial charge >= 0.3 is 0 Å². The number of rotatable bonds is 10. The molecule has 0 spiro atoms. The van der Waals surface area contributed by atoms with Crippen LogP contribution in [0.2, 0.25) is 0 Å². The SMILES string of the molecule is CCCNCC(OC1CCCCO1)c1oc(CCc2ccccc2)c2ccccc12. The van der Waals surface area contributed by atoms with Gasteiger partial charge in [0.1, 0.15) is 17.6 Å². The van der Waals surface area contributed by atoms with E-state index in [9.17, 15) is 0 Å². The molecule has 30 heavy (non-hydrogen) atoms. The Bertz CT molecular complexity index is 899. The quantitative estimate of drug-likeness (QED) is 0.431. The molecule has 1 aromatic heterocycles. The van der Waals surface area contributed by atoms with E-state index in [-0.39, 0.29) is 12.4 Å². The zero-order chi connectivity index (χ0) is 20.6. The lowest BCUT2D eigenvalue weighted by molar-refractivity contribution is -0.192. The number of furan rings is 1. The fraction of sp³-hybridized carbons (Fsp3) is 0.462. The van der Waals surface area contributed by atoms with Crippen molar-refractivity contribution in [3.8, 4) is 0 Å². The molecule has 0 aliphatic carbocycles. The van der Waals surface area contributed by atoms with Crippen LogP contribution >= 0.6 is 0 Å². The number of aryl methyl sites for hydroxylation is 2. The maximum atomic E-state index is 6.50. The van der Waals surface area contributed by atoms with Crippen molar-refractivity contribution in [2.24, 2.45) is 0 Å². The first-order valence-corrected chi connectivity index (χ1v) is 11.4. The third-order valence-electron chi connectivity index (χ3n) is 5.71. The number of hydrogen-bond acceptors (Lipinski definition) is 4. The van der Waals surface area contributed by atoms with Gasteiger partial charge in [-0.1, -0.05) is 61.5 Å². The zero-order valence-electron chi connectivity index (χ0n) is 17.9. The number of ether oxygens (including phenoxy) is 2. The summed E-state index contributed by atoms with van der Waals surface area (Å²) in [5.41, 5.74) is 1.33. The van der Waals surface area contributed by atoms with E-state index < -0.39 is 0 Å². The monoisotopic (exact) mass is 407 g/mol. The van der Waals surface area contributed by atoms with Gasteiger partial charge in [-0.05, 0) is 44.2 Å². The van der Waals surface area contributed by atoms with Gasteiger partial charge in [0, 0.05) is 30.3 Å². The van der Waals surface area contributed by atoms with Gasteiger partial charge in [-0.2, -0.15) is 0 Å². The number of nitrogens with one attached hydrogen (secondary N) is 1. The Labute approximate surface area is 179 Å². The van der Waals surface area contributed by atoms with Crippen LogP contribution in [-0.2, 0) is 22.3 Å². The zero-order valence-corrected chi connectivity index (χ0v) is 17.9. The summed E-state index contributed by atoms with van der Waals surface area (Å²) in [6.07, 6.45) is 5.84. The Balaban J connectivity index is 1.58. The molecule has 1 N–H and O–H groups in total. The molecule has 0 saturated carbocycles. The van der Waals surface area contributed by atoms with Crippen molar-refractivity contribution >= 4 is 10.8 Å². The largest absolute Gasteiger partial charge is 0.462 e. The highest BCUT2D eigenvalue weighted by atomic mass is 16.7. The summed E-state index contributed by atoms with van der Waals surface area (Å²) < 4.78 is 18.8. The van der Waals surface area contributed by atoms with Crippen LogP contribution < -0.4 is 5.32 Å². The normalized spacial score (nSPS) is 18.0. The first-order valence-electron chi connectivity index (χ1n) is 11.4. The maximum absolute atomic E-state index is 6.50. The van der Waals surface area contributed by atoms with E-state index in [1.165, 1.54) is 10.9 Å².